The lowest BCUT2D eigenvalue weighted by atomic mass is 10.2. The van der Waals surface area contributed by atoms with Gasteiger partial charge in [0.05, 0.1) is 0 Å². The molecule has 76 valence electrons. The third kappa shape index (κ3) is 1.85. The summed E-state index contributed by atoms with van der Waals surface area (Å²) in [5, 5.41) is 10.4. The van der Waals surface area contributed by atoms with Crippen molar-refractivity contribution in [3.05, 3.63) is 30.6 Å². The van der Waals surface area contributed by atoms with Crippen molar-refractivity contribution < 1.29 is 4.79 Å². The first-order chi connectivity index (χ1) is 7.31. The molecule has 2 aromatic rings. The number of amides is 1. The third-order valence-corrected chi connectivity index (χ3v) is 2.06. The van der Waals surface area contributed by atoms with E-state index in [1.54, 1.807) is 6.33 Å². The first kappa shape index (κ1) is 9.39. The Morgan fingerprint density at radius 3 is 3.00 bits per heavy atom. The molecule has 0 saturated heterocycles. The summed E-state index contributed by atoms with van der Waals surface area (Å²) in [4.78, 5) is 10.3. The zero-order valence-electron chi connectivity index (χ0n) is 8.21. The molecular formula is C10H10N4O. The Morgan fingerprint density at radius 1 is 1.47 bits per heavy atom. The van der Waals surface area contributed by atoms with Crippen LogP contribution in [-0.4, -0.2) is 21.2 Å². The normalized spacial score (nSPS) is 9.93. The van der Waals surface area contributed by atoms with Gasteiger partial charge in [-0.3, -0.25) is 4.79 Å². The van der Waals surface area contributed by atoms with Gasteiger partial charge in [-0.1, -0.05) is 12.1 Å². The molecule has 0 aliphatic carbocycles. The van der Waals surface area contributed by atoms with Crippen LogP contribution < -0.4 is 5.32 Å². The van der Waals surface area contributed by atoms with Crippen LogP contribution in [0.25, 0.3) is 11.4 Å². The molecule has 0 saturated carbocycles. The summed E-state index contributed by atoms with van der Waals surface area (Å²) in [6.07, 6.45) is 2.28. The highest BCUT2D eigenvalue weighted by atomic mass is 16.1. The van der Waals surface area contributed by atoms with Crippen LogP contribution in [0.5, 0.6) is 0 Å². The molecule has 0 radical (unpaired) electrons. The second kappa shape index (κ2) is 3.91. The number of nitrogens with one attached hydrogen (secondary N) is 1. The molecule has 0 fully saturated rings. The maximum absolute atomic E-state index is 10.3. The number of carbonyl (C=O) groups excluding carboxylic acids is 1. The van der Waals surface area contributed by atoms with Crippen LogP contribution in [0.1, 0.15) is 0 Å². The number of carbonyl (C=O) groups is 1. The van der Waals surface area contributed by atoms with Crippen LogP contribution in [0, 0.1) is 0 Å². The minimum Gasteiger partial charge on any atom is -0.329 e. The van der Waals surface area contributed by atoms with Gasteiger partial charge >= 0.3 is 0 Å². The molecule has 15 heavy (non-hydrogen) atoms. The number of nitrogens with zero attached hydrogens (tertiary/aromatic N) is 3. The fraction of sp³-hybridized carbons (Fsp3) is 0.100. The molecule has 1 heterocycles. The molecule has 1 aromatic heterocycles. The van der Waals surface area contributed by atoms with Crippen molar-refractivity contribution in [2.45, 2.75) is 0 Å². The van der Waals surface area contributed by atoms with Gasteiger partial charge in [-0.2, -0.15) is 0 Å². The van der Waals surface area contributed by atoms with Crippen LogP contribution in [0.2, 0.25) is 0 Å². The minimum absolute atomic E-state index is 0.649. The van der Waals surface area contributed by atoms with Gasteiger partial charge in [-0.25, -0.2) is 0 Å². The van der Waals surface area contributed by atoms with Crippen molar-refractivity contribution in [2.75, 3.05) is 5.32 Å². The Balaban J connectivity index is 2.41. The Morgan fingerprint density at radius 2 is 2.33 bits per heavy atom. The second-order valence-corrected chi connectivity index (χ2v) is 3.11. The van der Waals surface area contributed by atoms with Gasteiger partial charge in [0.25, 0.3) is 0 Å². The molecule has 1 aromatic carbocycles. The number of rotatable bonds is 3. The highest BCUT2D eigenvalue weighted by Crippen LogP contribution is 2.19. The van der Waals surface area contributed by atoms with Crippen LogP contribution in [0.4, 0.5) is 5.69 Å². The number of hydrogen-bond acceptors (Lipinski definition) is 3. The number of hydrogen-bond donors (Lipinski definition) is 1. The van der Waals surface area contributed by atoms with Crippen molar-refractivity contribution in [3.8, 4) is 11.4 Å². The monoisotopic (exact) mass is 202 g/mol. The summed E-state index contributed by atoms with van der Waals surface area (Å²) in [5.74, 6) is 0.768. The summed E-state index contributed by atoms with van der Waals surface area (Å²) in [7, 11) is 1.87. The maximum atomic E-state index is 10.3. The zero-order valence-corrected chi connectivity index (χ0v) is 8.21. The van der Waals surface area contributed by atoms with Crippen LogP contribution >= 0.6 is 0 Å². The van der Waals surface area contributed by atoms with E-state index in [9.17, 15) is 4.79 Å². The lowest BCUT2D eigenvalue weighted by Crippen LogP contribution is -1.95. The Labute approximate surface area is 86.8 Å². The summed E-state index contributed by atoms with van der Waals surface area (Å²) in [6.45, 7) is 0. The summed E-state index contributed by atoms with van der Waals surface area (Å²) in [6, 6.07) is 7.43. The largest absolute Gasteiger partial charge is 0.329 e. The van der Waals surface area contributed by atoms with Crippen molar-refractivity contribution >= 4 is 12.1 Å². The van der Waals surface area contributed by atoms with Crippen molar-refractivity contribution in [3.63, 3.8) is 0 Å². The van der Waals surface area contributed by atoms with Gasteiger partial charge in [0, 0.05) is 18.3 Å². The topological polar surface area (TPSA) is 59.8 Å². The first-order valence-electron chi connectivity index (χ1n) is 4.46. The van der Waals surface area contributed by atoms with E-state index in [2.05, 4.69) is 15.5 Å². The Hall–Kier alpha value is -2.17. The van der Waals surface area contributed by atoms with Gasteiger partial charge in [0.15, 0.2) is 5.82 Å². The van der Waals surface area contributed by atoms with E-state index in [0.29, 0.717) is 6.41 Å². The second-order valence-electron chi connectivity index (χ2n) is 3.11. The van der Waals surface area contributed by atoms with Crippen molar-refractivity contribution in [2.24, 2.45) is 7.05 Å². The molecule has 0 aliphatic heterocycles. The molecule has 5 heteroatoms. The van der Waals surface area contributed by atoms with Gasteiger partial charge < -0.3 is 9.88 Å². The van der Waals surface area contributed by atoms with Gasteiger partial charge in [-0.15, -0.1) is 10.2 Å². The van der Waals surface area contributed by atoms with Gasteiger partial charge in [-0.05, 0) is 12.1 Å². The highest BCUT2D eigenvalue weighted by Gasteiger charge is 2.04. The number of benzene rings is 1. The number of anilines is 1. The molecule has 1 N–H and O–H groups in total. The predicted molar refractivity (Wildman–Crippen MR) is 56.1 cm³/mol. The molecule has 0 spiro atoms. The number of aryl methyl sites for hydroxylation is 1. The lowest BCUT2D eigenvalue weighted by Gasteiger charge is -2.02. The van der Waals surface area contributed by atoms with E-state index >= 15 is 0 Å². The molecule has 0 bridgehead atoms. The fourth-order valence-electron chi connectivity index (χ4n) is 1.36. The molecular weight excluding hydrogens is 192 g/mol. The maximum Gasteiger partial charge on any atom is 0.211 e. The summed E-state index contributed by atoms with van der Waals surface area (Å²) < 4.78 is 1.82. The molecule has 1 amide bonds. The SMILES string of the molecule is Cn1cnnc1-c1cccc(NC=O)c1. The summed E-state index contributed by atoms with van der Waals surface area (Å²) in [5.41, 5.74) is 1.66. The van der Waals surface area contributed by atoms with E-state index in [1.807, 2.05) is 35.9 Å². The third-order valence-electron chi connectivity index (χ3n) is 2.06. The van der Waals surface area contributed by atoms with Crippen LogP contribution in [0.3, 0.4) is 0 Å². The first-order valence-corrected chi connectivity index (χ1v) is 4.46. The van der Waals surface area contributed by atoms with Gasteiger partial charge in [0.2, 0.25) is 6.41 Å². The lowest BCUT2D eigenvalue weighted by molar-refractivity contribution is -0.105. The molecule has 0 unspecified atom stereocenters. The standard InChI is InChI=1S/C10H10N4O/c1-14-6-12-13-10(14)8-3-2-4-9(5-8)11-7-15/h2-7H,1H3,(H,11,15). The highest BCUT2D eigenvalue weighted by molar-refractivity contribution is 5.74. The van der Waals surface area contributed by atoms with E-state index in [1.165, 1.54) is 0 Å². The Bertz CT molecular complexity index is 478. The Kier molecular flexibility index (Phi) is 2.45. The minimum atomic E-state index is 0.649. The fourth-order valence-corrected chi connectivity index (χ4v) is 1.36. The average Bonchev–Trinajstić information content (AvgIpc) is 2.65. The zero-order chi connectivity index (χ0) is 10.7. The van der Waals surface area contributed by atoms with E-state index in [0.717, 1.165) is 17.1 Å². The summed E-state index contributed by atoms with van der Waals surface area (Å²) >= 11 is 0. The molecule has 0 atom stereocenters. The van der Waals surface area contributed by atoms with Crippen LogP contribution in [-0.2, 0) is 11.8 Å². The van der Waals surface area contributed by atoms with E-state index in [-0.39, 0.29) is 0 Å². The quantitative estimate of drug-likeness (QED) is 0.757. The molecule has 0 aliphatic rings. The number of aromatic nitrogens is 3. The smallest absolute Gasteiger partial charge is 0.211 e. The van der Waals surface area contributed by atoms with Crippen molar-refractivity contribution in [1.29, 1.82) is 0 Å². The average molecular weight is 202 g/mol. The van der Waals surface area contributed by atoms with E-state index in [4.69, 9.17) is 0 Å². The molecule has 5 nitrogen and oxygen atoms in total. The molecule has 2 rings (SSSR count). The van der Waals surface area contributed by atoms with Gasteiger partial charge in [0.1, 0.15) is 6.33 Å². The predicted octanol–water partition coefficient (Wildman–Crippen LogP) is 1.05. The van der Waals surface area contributed by atoms with E-state index < -0.39 is 0 Å². The van der Waals surface area contributed by atoms with Crippen molar-refractivity contribution in [1.82, 2.24) is 14.8 Å². The van der Waals surface area contributed by atoms with Crippen LogP contribution in [0.15, 0.2) is 30.6 Å².